The molecular weight excluding hydrogens is 389 g/mol. The van der Waals surface area contributed by atoms with Crippen LogP contribution in [0.4, 0.5) is 0 Å². The van der Waals surface area contributed by atoms with Crippen LogP contribution in [-0.2, 0) is 19.5 Å². The van der Waals surface area contributed by atoms with Gasteiger partial charge in [-0.3, -0.25) is 4.99 Å². The van der Waals surface area contributed by atoms with Gasteiger partial charge < -0.3 is 14.8 Å². The van der Waals surface area contributed by atoms with Gasteiger partial charge in [0, 0.05) is 32.5 Å². The molecule has 118 valence electrons. The molecule has 0 spiro atoms. The Balaban J connectivity index is 0.00000176. The number of guanidine groups is 1. The monoisotopic (exact) mass is 411 g/mol. The molecule has 0 atom stereocenters. The van der Waals surface area contributed by atoms with Crippen LogP contribution < -0.4 is 5.32 Å². The summed E-state index contributed by atoms with van der Waals surface area (Å²) in [5, 5.41) is 3.36. The van der Waals surface area contributed by atoms with Gasteiger partial charge in [-0.25, -0.2) is 4.98 Å². The van der Waals surface area contributed by atoms with E-state index in [4.69, 9.17) is 0 Å². The summed E-state index contributed by atoms with van der Waals surface area (Å²) < 4.78 is 2.20. The van der Waals surface area contributed by atoms with Crippen LogP contribution in [0.3, 0.4) is 0 Å². The molecule has 22 heavy (non-hydrogen) atoms. The topological polar surface area (TPSA) is 45.4 Å². The molecule has 1 N–H and O–H groups in total. The second kappa shape index (κ2) is 8.17. The van der Waals surface area contributed by atoms with E-state index in [1.165, 1.54) is 5.56 Å². The molecule has 0 bridgehead atoms. The zero-order valence-corrected chi connectivity index (χ0v) is 15.1. The highest BCUT2D eigenvalue weighted by Gasteiger charge is 2.12. The van der Waals surface area contributed by atoms with Crippen molar-refractivity contribution in [2.24, 2.45) is 4.99 Å². The van der Waals surface area contributed by atoms with Crippen molar-refractivity contribution < 1.29 is 0 Å². The molecule has 0 radical (unpaired) electrons. The number of halogens is 1. The number of benzene rings is 1. The fourth-order valence-electron chi connectivity index (χ4n) is 2.49. The highest BCUT2D eigenvalue weighted by Crippen LogP contribution is 2.05. The van der Waals surface area contributed by atoms with Crippen molar-refractivity contribution in [2.75, 3.05) is 20.1 Å². The fourth-order valence-corrected chi connectivity index (χ4v) is 2.49. The lowest BCUT2D eigenvalue weighted by atomic mass is 10.1. The van der Waals surface area contributed by atoms with Crippen LogP contribution in [0.1, 0.15) is 11.4 Å². The lowest BCUT2D eigenvalue weighted by Gasteiger charge is -2.15. The van der Waals surface area contributed by atoms with E-state index >= 15 is 0 Å². The van der Waals surface area contributed by atoms with Crippen molar-refractivity contribution >= 4 is 29.9 Å². The Bertz CT molecular complexity index is 608. The zero-order valence-electron chi connectivity index (χ0n) is 12.8. The van der Waals surface area contributed by atoms with Crippen molar-refractivity contribution in [2.45, 2.75) is 19.5 Å². The Morgan fingerprint density at radius 2 is 2.05 bits per heavy atom. The molecule has 1 aliphatic heterocycles. The van der Waals surface area contributed by atoms with Gasteiger partial charge >= 0.3 is 0 Å². The zero-order chi connectivity index (χ0) is 14.5. The molecule has 0 saturated heterocycles. The molecule has 0 fully saturated rings. The number of rotatable bonds is 5. The second-order valence-electron chi connectivity index (χ2n) is 5.25. The van der Waals surface area contributed by atoms with Crippen LogP contribution in [0.5, 0.6) is 0 Å². The number of aryl methyl sites for hydroxylation is 2. The van der Waals surface area contributed by atoms with E-state index in [0.717, 1.165) is 37.8 Å². The molecule has 1 aromatic heterocycles. The maximum Gasteiger partial charge on any atom is 0.194 e. The van der Waals surface area contributed by atoms with Crippen LogP contribution >= 0.6 is 24.0 Å². The number of aromatic nitrogens is 2. The maximum atomic E-state index is 4.44. The molecular formula is C16H22IN5. The van der Waals surface area contributed by atoms with Crippen molar-refractivity contribution in [3.63, 3.8) is 0 Å². The number of likely N-dealkylation sites (N-methyl/N-ethyl adjacent to an activating group) is 1. The first-order chi connectivity index (χ1) is 10.3. The Labute approximate surface area is 148 Å². The normalized spacial score (nSPS) is 13.7. The molecule has 1 aliphatic rings. The van der Waals surface area contributed by atoms with E-state index in [-0.39, 0.29) is 24.0 Å². The molecule has 2 heterocycles. The summed E-state index contributed by atoms with van der Waals surface area (Å²) in [5.41, 5.74) is 1.35. The summed E-state index contributed by atoms with van der Waals surface area (Å²) in [4.78, 5) is 11.0. The van der Waals surface area contributed by atoms with Gasteiger partial charge in [0.1, 0.15) is 5.82 Å². The van der Waals surface area contributed by atoms with Crippen LogP contribution in [0.2, 0.25) is 0 Å². The van der Waals surface area contributed by atoms with Crippen LogP contribution in [0, 0.1) is 0 Å². The predicted octanol–water partition coefficient (Wildman–Crippen LogP) is 2.13. The van der Waals surface area contributed by atoms with E-state index in [1.807, 2.05) is 12.4 Å². The Morgan fingerprint density at radius 1 is 1.23 bits per heavy atom. The van der Waals surface area contributed by atoms with E-state index < -0.39 is 0 Å². The number of hydrogen-bond acceptors (Lipinski definition) is 4. The highest BCUT2D eigenvalue weighted by atomic mass is 127. The molecule has 0 amide bonds. The van der Waals surface area contributed by atoms with Gasteiger partial charge in [0.15, 0.2) is 5.96 Å². The minimum Gasteiger partial charge on any atom is -0.349 e. The SMILES string of the molecule is CN1CCN=C1NCc1nccn1CCc1ccccc1.I. The van der Waals surface area contributed by atoms with Gasteiger partial charge in [-0.2, -0.15) is 0 Å². The van der Waals surface area contributed by atoms with Gasteiger partial charge in [-0.15, -0.1) is 24.0 Å². The molecule has 6 heteroatoms. The van der Waals surface area contributed by atoms with Crippen LogP contribution in [-0.4, -0.2) is 40.5 Å². The van der Waals surface area contributed by atoms with Gasteiger partial charge in [-0.1, -0.05) is 30.3 Å². The molecule has 1 aromatic carbocycles. The molecule has 3 rings (SSSR count). The molecule has 0 unspecified atom stereocenters. The summed E-state index contributed by atoms with van der Waals surface area (Å²) >= 11 is 0. The number of nitrogens with zero attached hydrogens (tertiary/aromatic N) is 4. The van der Waals surface area contributed by atoms with Crippen LogP contribution in [0.15, 0.2) is 47.7 Å². The van der Waals surface area contributed by atoms with Crippen LogP contribution in [0.25, 0.3) is 0 Å². The second-order valence-corrected chi connectivity index (χ2v) is 5.25. The first-order valence-corrected chi connectivity index (χ1v) is 7.36. The summed E-state index contributed by atoms with van der Waals surface area (Å²) in [6, 6.07) is 10.5. The van der Waals surface area contributed by atoms with E-state index in [9.17, 15) is 0 Å². The molecule has 0 saturated carbocycles. The largest absolute Gasteiger partial charge is 0.349 e. The van der Waals surface area contributed by atoms with E-state index in [1.54, 1.807) is 0 Å². The van der Waals surface area contributed by atoms with Gasteiger partial charge in [-0.05, 0) is 12.0 Å². The summed E-state index contributed by atoms with van der Waals surface area (Å²) in [6.45, 7) is 3.53. The van der Waals surface area contributed by atoms with Crippen molar-refractivity contribution in [1.82, 2.24) is 19.8 Å². The minimum absolute atomic E-state index is 0. The Kier molecular flexibility index (Phi) is 6.23. The fraction of sp³-hybridized carbons (Fsp3) is 0.375. The lowest BCUT2D eigenvalue weighted by Crippen LogP contribution is -2.35. The molecule has 2 aromatic rings. The summed E-state index contributed by atoms with van der Waals surface area (Å²) in [5.74, 6) is 2.02. The third-order valence-corrected chi connectivity index (χ3v) is 3.75. The van der Waals surface area contributed by atoms with E-state index in [0.29, 0.717) is 6.54 Å². The average Bonchev–Trinajstić information content (AvgIpc) is 3.13. The van der Waals surface area contributed by atoms with Crippen molar-refractivity contribution in [1.29, 1.82) is 0 Å². The van der Waals surface area contributed by atoms with Crippen molar-refractivity contribution in [3.05, 3.63) is 54.1 Å². The summed E-state index contributed by atoms with van der Waals surface area (Å²) in [7, 11) is 2.06. The smallest absolute Gasteiger partial charge is 0.194 e. The minimum atomic E-state index is 0. The van der Waals surface area contributed by atoms with Gasteiger partial charge in [0.2, 0.25) is 0 Å². The van der Waals surface area contributed by atoms with Crippen molar-refractivity contribution in [3.8, 4) is 0 Å². The molecule has 0 aliphatic carbocycles. The Morgan fingerprint density at radius 3 is 2.77 bits per heavy atom. The number of nitrogens with one attached hydrogen (secondary N) is 1. The van der Waals surface area contributed by atoms with E-state index in [2.05, 4.69) is 62.1 Å². The Hall–Kier alpha value is -1.57. The number of hydrogen-bond donors (Lipinski definition) is 1. The average molecular weight is 411 g/mol. The lowest BCUT2D eigenvalue weighted by molar-refractivity contribution is 0.528. The maximum absolute atomic E-state index is 4.44. The number of imidazole rings is 1. The predicted molar refractivity (Wildman–Crippen MR) is 99.6 cm³/mol. The summed E-state index contributed by atoms with van der Waals surface area (Å²) in [6.07, 6.45) is 4.92. The quantitative estimate of drug-likeness (QED) is 0.767. The standard InChI is InChI=1S/C16H21N5.HI/c1-20-11-8-18-16(20)19-13-15-17-9-12-21(15)10-7-14-5-3-2-4-6-14;/h2-6,9,12H,7-8,10-11,13H2,1H3,(H,18,19);1H. The molecule has 5 nitrogen and oxygen atoms in total. The first kappa shape index (κ1) is 16.8. The van der Waals surface area contributed by atoms with Gasteiger partial charge in [0.25, 0.3) is 0 Å². The third-order valence-electron chi connectivity index (χ3n) is 3.75. The highest BCUT2D eigenvalue weighted by molar-refractivity contribution is 14.0. The third kappa shape index (κ3) is 4.22. The van der Waals surface area contributed by atoms with Gasteiger partial charge in [0.05, 0.1) is 13.1 Å². The number of aliphatic imine (C=N–C) groups is 1. The first-order valence-electron chi connectivity index (χ1n) is 7.36.